The topological polar surface area (TPSA) is 59.1 Å². The van der Waals surface area contributed by atoms with Crippen molar-refractivity contribution < 1.29 is 4.74 Å². The zero-order valence-electron chi connectivity index (χ0n) is 14.5. The fourth-order valence-electron chi connectivity index (χ4n) is 2.72. The van der Waals surface area contributed by atoms with E-state index in [1.54, 1.807) is 13.4 Å². The van der Waals surface area contributed by atoms with Crippen LogP contribution in [0.2, 0.25) is 0 Å². The Morgan fingerprint density at radius 3 is 2.24 bits per heavy atom. The summed E-state index contributed by atoms with van der Waals surface area (Å²) in [6.07, 6.45) is 3.62. The molecule has 1 aromatic heterocycles. The van der Waals surface area contributed by atoms with Gasteiger partial charge in [-0.3, -0.25) is 0 Å². The number of methoxy groups -OCH3 is 1. The van der Waals surface area contributed by atoms with Crippen LogP contribution in [0, 0.1) is 5.41 Å². The summed E-state index contributed by atoms with van der Waals surface area (Å²) in [6, 6.07) is 0. The maximum Gasteiger partial charge on any atom is 0.204 e. The minimum atomic E-state index is -0.0814. The molecule has 2 N–H and O–H groups in total. The second-order valence-electron chi connectivity index (χ2n) is 7.28. The largest absolute Gasteiger partial charge is 0.490 e. The normalized spacial score (nSPS) is 12.1. The first-order valence-corrected chi connectivity index (χ1v) is 7.59. The van der Waals surface area contributed by atoms with E-state index in [1.807, 2.05) is 0 Å². The van der Waals surface area contributed by atoms with Crippen LogP contribution in [0.1, 0.15) is 54.4 Å². The van der Waals surface area contributed by atoms with Gasteiger partial charge in [0.2, 0.25) is 5.75 Å². The average molecular weight is 294 g/mol. The summed E-state index contributed by atoms with van der Waals surface area (Å²) in [6.45, 7) is 14.0. The van der Waals surface area contributed by atoms with Gasteiger partial charge in [-0.05, 0) is 32.1 Å². The third-order valence-corrected chi connectivity index (χ3v) is 2.98. The highest BCUT2D eigenvalue weighted by molar-refractivity contribution is 5.64. The van der Waals surface area contributed by atoms with Crippen molar-refractivity contribution in [3.63, 3.8) is 0 Å². The van der Waals surface area contributed by atoms with E-state index in [4.69, 9.17) is 4.74 Å². The first-order valence-electron chi connectivity index (χ1n) is 7.59. The summed E-state index contributed by atoms with van der Waals surface area (Å²) in [4.78, 5) is 8.61. The molecule has 0 bridgehead atoms. The molecule has 0 aliphatic heterocycles. The van der Waals surface area contributed by atoms with E-state index in [9.17, 15) is 0 Å². The van der Waals surface area contributed by atoms with E-state index in [0.29, 0.717) is 5.75 Å². The molecule has 0 radical (unpaired) electrons. The van der Waals surface area contributed by atoms with E-state index in [2.05, 4.69) is 62.1 Å². The molecule has 0 aliphatic carbocycles. The molecule has 0 spiro atoms. The molecule has 5 heteroatoms. The molecular weight excluding hydrogens is 264 g/mol. The Labute approximate surface area is 128 Å². The van der Waals surface area contributed by atoms with Gasteiger partial charge in [0.15, 0.2) is 11.6 Å². The summed E-state index contributed by atoms with van der Waals surface area (Å²) in [5.74, 6) is 2.15. The van der Waals surface area contributed by atoms with Gasteiger partial charge in [0, 0.05) is 12.1 Å². The van der Waals surface area contributed by atoms with Crippen molar-refractivity contribution in [2.75, 3.05) is 24.3 Å². The first-order chi connectivity index (χ1) is 9.68. The number of nitrogens with zero attached hydrogens (tertiary/aromatic N) is 2. The summed E-state index contributed by atoms with van der Waals surface area (Å²) in [5.41, 5.74) is 0.155. The van der Waals surface area contributed by atoms with Crippen LogP contribution in [0.15, 0.2) is 6.33 Å². The molecule has 0 saturated carbocycles. The van der Waals surface area contributed by atoms with Crippen molar-refractivity contribution in [1.82, 2.24) is 9.97 Å². The van der Waals surface area contributed by atoms with E-state index >= 15 is 0 Å². The number of rotatable bonds is 7. The second-order valence-corrected chi connectivity index (χ2v) is 7.28. The van der Waals surface area contributed by atoms with Gasteiger partial charge >= 0.3 is 0 Å². The maximum absolute atomic E-state index is 5.50. The highest BCUT2D eigenvalue weighted by atomic mass is 16.5. The van der Waals surface area contributed by atoms with Crippen molar-refractivity contribution in [2.45, 2.75) is 59.9 Å². The standard InChI is InChI=1S/C16H30N4O/c1-8-9-17-13-12(21-7)14(19-11-18-13)20-16(5,6)10-15(2,3)4/h11H,8-10H2,1-7H3,(H2,17,18,19,20). The van der Waals surface area contributed by atoms with Crippen LogP contribution in [0.4, 0.5) is 11.6 Å². The molecule has 0 saturated heterocycles. The minimum Gasteiger partial charge on any atom is -0.490 e. The molecule has 0 fully saturated rings. The molecular formula is C16H30N4O. The SMILES string of the molecule is CCCNc1ncnc(NC(C)(C)CC(C)(C)C)c1OC. The summed E-state index contributed by atoms with van der Waals surface area (Å²) >= 11 is 0. The molecule has 1 rings (SSSR count). The third-order valence-electron chi connectivity index (χ3n) is 2.98. The highest BCUT2D eigenvalue weighted by Crippen LogP contribution is 2.34. The number of aromatic nitrogens is 2. The molecule has 5 nitrogen and oxygen atoms in total. The van der Waals surface area contributed by atoms with Crippen molar-refractivity contribution in [1.29, 1.82) is 0 Å². The van der Waals surface area contributed by atoms with Crippen LogP contribution in [0.5, 0.6) is 5.75 Å². The average Bonchev–Trinajstić information content (AvgIpc) is 2.32. The Balaban J connectivity index is 2.97. The van der Waals surface area contributed by atoms with Crippen molar-refractivity contribution in [2.24, 2.45) is 5.41 Å². The molecule has 0 unspecified atom stereocenters. The number of anilines is 2. The predicted molar refractivity (Wildman–Crippen MR) is 89.1 cm³/mol. The number of nitrogens with one attached hydrogen (secondary N) is 2. The van der Waals surface area contributed by atoms with Gasteiger partial charge in [0.25, 0.3) is 0 Å². The lowest BCUT2D eigenvalue weighted by atomic mass is 9.82. The van der Waals surface area contributed by atoms with E-state index < -0.39 is 0 Å². The van der Waals surface area contributed by atoms with Crippen molar-refractivity contribution in [3.8, 4) is 5.75 Å². The van der Waals surface area contributed by atoms with Gasteiger partial charge in [-0.2, -0.15) is 0 Å². The lowest BCUT2D eigenvalue weighted by Crippen LogP contribution is -2.36. The lowest BCUT2D eigenvalue weighted by Gasteiger charge is -2.34. The van der Waals surface area contributed by atoms with Crippen LogP contribution in [0.25, 0.3) is 0 Å². The van der Waals surface area contributed by atoms with Gasteiger partial charge < -0.3 is 15.4 Å². The van der Waals surface area contributed by atoms with Crippen LogP contribution < -0.4 is 15.4 Å². The zero-order valence-corrected chi connectivity index (χ0v) is 14.5. The first kappa shape index (κ1) is 17.5. The Morgan fingerprint density at radius 1 is 1.10 bits per heavy atom. The number of hydrogen-bond donors (Lipinski definition) is 2. The summed E-state index contributed by atoms with van der Waals surface area (Å²) in [5, 5.41) is 6.77. The summed E-state index contributed by atoms with van der Waals surface area (Å²) < 4.78 is 5.50. The fourth-order valence-corrected chi connectivity index (χ4v) is 2.72. The van der Waals surface area contributed by atoms with Gasteiger partial charge in [-0.15, -0.1) is 0 Å². The molecule has 0 aromatic carbocycles. The Morgan fingerprint density at radius 2 is 1.71 bits per heavy atom. The Hall–Kier alpha value is -1.52. The van der Waals surface area contributed by atoms with E-state index in [0.717, 1.165) is 31.0 Å². The van der Waals surface area contributed by atoms with Crippen LogP contribution in [-0.4, -0.2) is 29.2 Å². The van der Waals surface area contributed by atoms with Gasteiger partial charge in [-0.1, -0.05) is 27.7 Å². The molecule has 21 heavy (non-hydrogen) atoms. The smallest absolute Gasteiger partial charge is 0.204 e. The van der Waals surface area contributed by atoms with Crippen molar-refractivity contribution in [3.05, 3.63) is 6.33 Å². The molecule has 1 aromatic rings. The molecule has 120 valence electrons. The Kier molecular flexibility index (Phi) is 5.81. The predicted octanol–water partition coefficient (Wildman–Crippen LogP) is 3.93. The van der Waals surface area contributed by atoms with Gasteiger partial charge in [0.05, 0.1) is 7.11 Å². The van der Waals surface area contributed by atoms with Crippen molar-refractivity contribution >= 4 is 11.6 Å². The monoisotopic (exact) mass is 294 g/mol. The van der Waals surface area contributed by atoms with Crippen LogP contribution in [-0.2, 0) is 0 Å². The fraction of sp³-hybridized carbons (Fsp3) is 0.750. The van der Waals surface area contributed by atoms with Crippen LogP contribution >= 0.6 is 0 Å². The van der Waals surface area contributed by atoms with E-state index in [1.165, 1.54) is 0 Å². The van der Waals surface area contributed by atoms with E-state index in [-0.39, 0.29) is 11.0 Å². The van der Waals surface area contributed by atoms with Gasteiger partial charge in [0.1, 0.15) is 6.33 Å². The third kappa shape index (κ3) is 5.78. The lowest BCUT2D eigenvalue weighted by molar-refractivity contribution is 0.301. The zero-order chi connectivity index (χ0) is 16.1. The minimum absolute atomic E-state index is 0.0814. The number of ether oxygens (including phenoxy) is 1. The molecule has 0 aliphatic rings. The molecule has 0 amide bonds. The quantitative estimate of drug-likeness (QED) is 0.798. The second kappa shape index (κ2) is 6.96. The summed E-state index contributed by atoms with van der Waals surface area (Å²) in [7, 11) is 1.65. The molecule has 1 heterocycles. The highest BCUT2D eigenvalue weighted by Gasteiger charge is 2.27. The van der Waals surface area contributed by atoms with Gasteiger partial charge in [-0.25, -0.2) is 9.97 Å². The number of hydrogen-bond acceptors (Lipinski definition) is 5. The Bertz CT molecular complexity index is 452. The maximum atomic E-state index is 5.50. The van der Waals surface area contributed by atoms with Crippen LogP contribution in [0.3, 0.4) is 0 Å². The molecule has 0 atom stereocenters.